The molecule has 0 radical (unpaired) electrons. The van der Waals surface area contributed by atoms with Crippen molar-refractivity contribution in [3.63, 3.8) is 0 Å². The zero-order valence-corrected chi connectivity index (χ0v) is 11.3. The number of allylic oxidation sites excluding steroid dienone is 2. The third-order valence-electron chi connectivity index (χ3n) is 3.77. The molecule has 0 unspecified atom stereocenters. The van der Waals surface area contributed by atoms with E-state index >= 15 is 0 Å². The van der Waals surface area contributed by atoms with Crippen LogP contribution in [0.15, 0.2) is 66.7 Å². The Morgan fingerprint density at radius 1 is 0.950 bits per heavy atom. The fourth-order valence-corrected chi connectivity index (χ4v) is 2.53. The van der Waals surface area contributed by atoms with Crippen LogP contribution in [0.5, 0.6) is 5.75 Å². The third-order valence-corrected chi connectivity index (χ3v) is 3.77. The van der Waals surface area contributed by atoms with Crippen LogP contribution in [-0.4, -0.2) is 12.9 Å². The van der Waals surface area contributed by atoms with Crippen molar-refractivity contribution in [2.24, 2.45) is 5.92 Å². The number of carbonyl (C=O) groups is 1. The molecule has 2 atom stereocenters. The monoisotopic (exact) mass is 264 g/mol. The summed E-state index contributed by atoms with van der Waals surface area (Å²) < 4.78 is 5.11. The van der Waals surface area contributed by atoms with E-state index in [4.69, 9.17) is 4.74 Å². The van der Waals surface area contributed by atoms with Crippen molar-refractivity contribution in [1.82, 2.24) is 0 Å². The van der Waals surface area contributed by atoms with E-state index in [1.165, 1.54) is 5.56 Å². The molecule has 2 nitrogen and oxygen atoms in total. The maximum absolute atomic E-state index is 12.5. The Bertz CT molecular complexity index is 626. The van der Waals surface area contributed by atoms with Crippen LogP contribution in [0, 0.1) is 5.92 Å². The molecule has 0 aliphatic heterocycles. The largest absolute Gasteiger partial charge is 0.497 e. The first-order chi connectivity index (χ1) is 9.79. The highest BCUT2D eigenvalue weighted by atomic mass is 16.5. The third kappa shape index (κ3) is 2.25. The minimum absolute atomic E-state index is 0.0502. The fraction of sp³-hybridized carbons (Fsp3) is 0.167. The average molecular weight is 264 g/mol. The summed E-state index contributed by atoms with van der Waals surface area (Å²) in [5, 5.41) is 0. The predicted octanol–water partition coefficient (Wildman–Crippen LogP) is 3.85. The molecule has 0 saturated carbocycles. The Hall–Kier alpha value is -2.35. The highest BCUT2D eigenvalue weighted by molar-refractivity contribution is 6.00. The quantitative estimate of drug-likeness (QED) is 0.619. The molecule has 0 aromatic heterocycles. The lowest BCUT2D eigenvalue weighted by Crippen LogP contribution is -2.25. The molecule has 0 saturated heterocycles. The Labute approximate surface area is 118 Å². The van der Waals surface area contributed by atoms with Gasteiger partial charge in [0.2, 0.25) is 0 Å². The summed E-state index contributed by atoms with van der Waals surface area (Å²) in [6.45, 7) is 0. The van der Waals surface area contributed by atoms with Gasteiger partial charge < -0.3 is 4.74 Å². The van der Waals surface area contributed by atoms with E-state index < -0.39 is 0 Å². The molecule has 2 aromatic rings. The van der Waals surface area contributed by atoms with Crippen molar-refractivity contribution in [2.45, 2.75) is 5.92 Å². The normalized spacial score (nSPS) is 20.2. The Morgan fingerprint density at radius 3 is 2.20 bits per heavy atom. The van der Waals surface area contributed by atoms with Gasteiger partial charge in [0.15, 0.2) is 5.78 Å². The van der Waals surface area contributed by atoms with Crippen molar-refractivity contribution in [1.29, 1.82) is 0 Å². The van der Waals surface area contributed by atoms with Gasteiger partial charge in [-0.1, -0.05) is 42.5 Å². The van der Waals surface area contributed by atoms with Crippen LogP contribution in [0.1, 0.15) is 21.8 Å². The molecular formula is C18H16O2. The standard InChI is InChI=1S/C18H16O2/c1-20-15-9-7-14(8-10-15)18(19)17-12-11-16(17)13-5-3-2-4-6-13/h2-12,16-17H,1H3/t16-,17-/m1/s1. The van der Waals surface area contributed by atoms with Crippen molar-refractivity contribution in [3.8, 4) is 5.75 Å². The number of hydrogen-bond acceptors (Lipinski definition) is 2. The first-order valence-electron chi connectivity index (χ1n) is 6.71. The van der Waals surface area contributed by atoms with Crippen molar-refractivity contribution >= 4 is 5.78 Å². The van der Waals surface area contributed by atoms with Gasteiger partial charge in [0.25, 0.3) is 0 Å². The predicted molar refractivity (Wildman–Crippen MR) is 79.1 cm³/mol. The number of methoxy groups -OCH3 is 1. The van der Waals surface area contributed by atoms with Gasteiger partial charge >= 0.3 is 0 Å². The van der Waals surface area contributed by atoms with Gasteiger partial charge in [0, 0.05) is 11.5 Å². The van der Waals surface area contributed by atoms with E-state index in [0.29, 0.717) is 0 Å². The van der Waals surface area contributed by atoms with Gasteiger partial charge in [-0.25, -0.2) is 0 Å². The van der Waals surface area contributed by atoms with Crippen LogP contribution in [-0.2, 0) is 0 Å². The SMILES string of the molecule is COc1ccc(C(=O)[C@@H]2C=C[C@@H]2c2ccccc2)cc1. The number of hydrogen-bond donors (Lipinski definition) is 0. The van der Waals surface area contributed by atoms with Crippen LogP contribution in [0.25, 0.3) is 0 Å². The molecule has 2 heteroatoms. The zero-order chi connectivity index (χ0) is 13.9. The van der Waals surface area contributed by atoms with E-state index in [2.05, 4.69) is 18.2 Å². The molecule has 1 aliphatic carbocycles. The van der Waals surface area contributed by atoms with Crippen LogP contribution in [0.2, 0.25) is 0 Å². The molecule has 0 bridgehead atoms. The molecule has 20 heavy (non-hydrogen) atoms. The summed E-state index contributed by atoms with van der Waals surface area (Å²) in [5.41, 5.74) is 1.93. The van der Waals surface area contributed by atoms with Crippen LogP contribution in [0.3, 0.4) is 0 Å². The average Bonchev–Trinajstić information content (AvgIpc) is 2.47. The van der Waals surface area contributed by atoms with E-state index in [1.807, 2.05) is 48.5 Å². The van der Waals surface area contributed by atoms with Gasteiger partial charge in [-0.3, -0.25) is 4.79 Å². The number of Topliss-reactive ketones (excluding diaryl/α,β-unsaturated/α-hetero) is 1. The van der Waals surface area contributed by atoms with E-state index in [9.17, 15) is 4.79 Å². The minimum Gasteiger partial charge on any atom is -0.497 e. The topological polar surface area (TPSA) is 26.3 Å². The molecular weight excluding hydrogens is 248 g/mol. The van der Waals surface area contributed by atoms with Gasteiger partial charge in [-0.2, -0.15) is 0 Å². The summed E-state index contributed by atoms with van der Waals surface area (Å²) in [4.78, 5) is 12.5. The number of ketones is 1. The van der Waals surface area contributed by atoms with Crippen molar-refractivity contribution in [3.05, 3.63) is 77.9 Å². The number of ether oxygens (including phenoxy) is 1. The molecule has 3 rings (SSSR count). The van der Waals surface area contributed by atoms with E-state index in [0.717, 1.165) is 11.3 Å². The summed E-state index contributed by atoms with van der Waals surface area (Å²) in [6.07, 6.45) is 4.09. The van der Waals surface area contributed by atoms with Crippen LogP contribution >= 0.6 is 0 Å². The minimum atomic E-state index is -0.0502. The lowest BCUT2D eigenvalue weighted by molar-refractivity contribution is 0.0927. The summed E-state index contributed by atoms with van der Waals surface area (Å²) in [5.74, 6) is 1.09. The highest BCUT2D eigenvalue weighted by Crippen LogP contribution is 2.37. The number of rotatable bonds is 4. The van der Waals surface area contributed by atoms with Gasteiger partial charge in [0.05, 0.1) is 13.0 Å². The summed E-state index contributed by atoms with van der Waals surface area (Å²) in [7, 11) is 1.62. The number of benzene rings is 2. The molecule has 0 fully saturated rings. The molecule has 0 heterocycles. The molecule has 0 amide bonds. The highest BCUT2D eigenvalue weighted by Gasteiger charge is 2.32. The van der Waals surface area contributed by atoms with Crippen molar-refractivity contribution in [2.75, 3.05) is 7.11 Å². The number of carbonyl (C=O) groups excluding carboxylic acids is 1. The van der Waals surface area contributed by atoms with Crippen molar-refractivity contribution < 1.29 is 9.53 Å². The molecule has 2 aromatic carbocycles. The molecule has 0 spiro atoms. The smallest absolute Gasteiger partial charge is 0.170 e. The Kier molecular flexibility index (Phi) is 3.38. The summed E-state index contributed by atoms with van der Waals surface area (Å²) >= 11 is 0. The fourth-order valence-electron chi connectivity index (χ4n) is 2.53. The van der Waals surface area contributed by atoms with E-state index in [-0.39, 0.29) is 17.6 Å². The maximum atomic E-state index is 12.5. The zero-order valence-electron chi connectivity index (χ0n) is 11.3. The van der Waals surface area contributed by atoms with E-state index in [1.54, 1.807) is 7.11 Å². The summed E-state index contributed by atoms with van der Waals surface area (Å²) in [6, 6.07) is 17.5. The van der Waals surface area contributed by atoms with Gasteiger partial charge in [-0.05, 0) is 29.8 Å². The molecule has 1 aliphatic rings. The van der Waals surface area contributed by atoms with Gasteiger partial charge in [-0.15, -0.1) is 0 Å². The Morgan fingerprint density at radius 2 is 1.65 bits per heavy atom. The maximum Gasteiger partial charge on any atom is 0.170 e. The first kappa shape index (κ1) is 12.7. The second kappa shape index (κ2) is 5.33. The lowest BCUT2D eigenvalue weighted by Gasteiger charge is -2.28. The second-order valence-corrected chi connectivity index (χ2v) is 4.94. The first-order valence-corrected chi connectivity index (χ1v) is 6.71. The van der Waals surface area contributed by atoms with Crippen LogP contribution in [0.4, 0.5) is 0 Å². The van der Waals surface area contributed by atoms with Gasteiger partial charge in [0.1, 0.15) is 5.75 Å². The molecule has 100 valence electrons. The second-order valence-electron chi connectivity index (χ2n) is 4.94. The Balaban J connectivity index is 1.79. The van der Waals surface area contributed by atoms with Crippen LogP contribution < -0.4 is 4.74 Å². The lowest BCUT2D eigenvalue weighted by atomic mass is 9.74. The molecule has 0 N–H and O–H groups in total.